The zero-order valence-corrected chi connectivity index (χ0v) is 11.8. The average molecular weight is 276 g/mol. The van der Waals surface area contributed by atoms with Crippen molar-refractivity contribution in [3.63, 3.8) is 0 Å². The van der Waals surface area contributed by atoms with Gasteiger partial charge in [-0.25, -0.2) is 4.98 Å². The Hall–Kier alpha value is -1.58. The fourth-order valence-corrected chi connectivity index (χ4v) is 2.52. The van der Waals surface area contributed by atoms with E-state index in [1.54, 1.807) is 7.11 Å². The number of nitriles is 1. The normalized spacial score (nSPS) is 20.1. The van der Waals surface area contributed by atoms with Crippen LogP contribution in [0.25, 0.3) is 0 Å². The molecule has 1 aliphatic carbocycles. The molecule has 2 heterocycles. The number of oxazole rings is 1. The molecule has 0 atom stereocenters. The minimum atomic E-state index is 0.442. The van der Waals surface area contributed by atoms with Crippen molar-refractivity contribution >= 4 is 5.88 Å². The van der Waals surface area contributed by atoms with Gasteiger partial charge >= 0.3 is 0 Å². The zero-order valence-electron chi connectivity index (χ0n) is 11.8. The second-order valence-corrected chi connectivity index (χ2v) is 5.41. The van der Waals surface area contributed by atoms with E-state index in [-0.39, 0.29) is 0 Å². The molecule has 2 aliphatic rings. The summed E-state index contributed by atoms with van der Waals surface area (Å²) in [6.07, 6.45) is 2.27. The van der Waals surface area contributed by atoms with Crippen molar-refractivity contribution in [2.75, 3.05) is 51.3 Å². The maximum Gasteiger partial charge on any atom is 0.234 e. The highest BCUT2D eigenvalue weighted by molar-refractivity contribution is 5.48. The lowest BCUT2D eigenvalue weighted by atomic mass is 10.3. The number of rotatable bonds is 5. The Morgan fingerprint density at radius 1 is 1.35 bits per heavy atom. The van der Waals surface area contributed by atoms with Gasteiger partial charge in [0.1, 0.15) is 6.07 Å². The van der Waals surface area contributed by atoms with Crippen molar-refractivity contribution in [2.24, 2.45) is 0 Å². The van der Waals surface area contributed by atoms with Gasteiger partial charge in [0, 0.05) is 45.8 Å². The molecule has 3 rings (SSSR count). The van der Waals surface area contributed by atoms with Gasteiger partial charge in [-0.1, -0.05) is 0 Å². The summed E-state index contributed by atoms with van der Waals surface area (Å²) in [6.45, 7) is 5.40. The topological polar surface area (TPSA) is 65.5 Å². The van der Waals surface area contributed by atoms with Crippen LogP contribution >= 0.6 is 0 Å². The van der Waals surface area contributed by atoms with Crippen LogP contribution in [0.4, 0.5) is 5.88 Å². The Labute approximate surface area is 118 Å². The van der Waals surface area contributed by atoms with Crippen molar-refractivity contribution in [1.29, 1.82) is 5.26 Å². The summed E-state index contributed by atoms with van der Waals surface area (Å²) in [5.41, 5.74) is 0.442. The number of nitrogens with zero attached hydrogens (tertiary/aromatic N) is 4. The Bertz CT molecular complexity index is 496. The third kappa shape index (κ3) is 2.79. The van der Waals surface area contributed by atoms with E-state index in [1.807, 2.05) is 0 Å². The first-order valence-corrected chi connectivity index (χ1v) is 7.19. The molecule has 1 saturated heterocycles. The molecule has 2 fully saturated rings. The molecule has 0 amide bonds. The highest BCUT2D eigenvalue weighted by Gasteiger charge is 2.32. The smallest absolute Gasteiger partial charge is 0.234 e. The SMILES string of the molecule is COCCN1CCN(c2oc(C3CC3)nc2C#N)CC1. The van der Waals surface area contributed by atoms with Gasteiger partial charge in [-0.3, -0.25) is 4.90 Å². The molecule has 1 aliphatic heterocycles. The average Bonchev–Trinajstić information content (AvgIpc) is 3.25. The first-order chi connectivity index (χ1) is 9.81. The molecular weight excluding hydrogens is 256 g/mol. The summed E-state index contributed by atoms with van der Waals surface area (Å²) >= 11 is 0. The van der Waals surface area contributed by atoms with Crippen LogP contribution in [0.1, 0.15) is 30.3 Å². The monoisotopic (exact) mass is 276 g/mol. The number of ether oxygens (including phenoxy) is 1. The first kappa shape index (κ1) is 13.4. The molecule has 1 aromatic rings. The lowest BCUT2D eigenvalue weighted by Gasteiger charge is -2.34. The molecule has 0 bridgehead atoms. The predicted octanol–water partition coefficient (Wildman–Crippen LogP) is 1.19. The third-order valence-electron chi connectivity index (χ3n) is 3.93. The van der Waals surface area contributed by atoms with Gasteiger partial charge in [-0.2, -0.15) is 5.26 Å². The van der Waals surface area contributed by atoms with Crippen LogP contribution in [0, 0.1) is 11.3 Å². The second kappa shape index (κ2) is 5.81. The first-order valence-electron chi connectivity index (χ1n) is 7.19. The largest absolute Gasteiger partial charge is 0.423 e. The van der Waals surface area contributed by atoms with E-state index in [0.717, 1.165) is 58.1 Å². The molecule has 1 saturated carbocycles. The third-order valence-corrected chi connectivity index (χ3v) is 3.93. The number of hydrogen-bond acceptors (Lipinski definition) is 6. The van der Waals surface area contributed by atoms with Crippen LogP contribution in [0.2, 0.25) is 0 Å². The summed E-state index contributed by atoms with van der Waals surface area (Å²) in [4.78, 5) is 8.84. The van der Waals surface area contributed by atoms with E-state index < -0.39 is 0 Å². The van der Waals surface area contributed by atoms with Gasteiger partial charge in [0.15, 0.2) is 0 Å². The van der Waals surface area contributed by atoms with Crippen LogP contribution in [0.15, 0.2) is 4.42 Å². The summed E-state index contributed by atoms with van der Waals surface area (Å²) in [6, 6.07) is 2.16. The van der Waals surface area contributed by atoms with Crippen LogP contribution < -0.4 is 4.90 Å². The summed E-state index contributed by atoms with van der Waals surface area (Å²) < 4.78 is 10.9. The Kier molecular flexibility index (Phi) is 3.90. The molecular formula is C14H20N4O2. The molecule has 0 radical (unpaired) electrons. The maximum atomic E-state index is 9.21. The molecule has 0 spiro atoms. The van der Waals surface area contributed by atoms with Gasteiger partial charge in [0.2, 0.25) is 17.5 Å². The maximum absolute atomic E-state index is 9.21. The van der Waals surface area contributed by atoms with Crippen molar-refractivity contribution in [1.82, 2.24) is 9.88 Å². The fraction of sp³-hybridized carbons (Fsp3) is 0.714. The van der Waals surface area contributed by atoms with E-state index in [1.165, 1.54) is 0 Å². The van der Waals surface area contributed by atoms with E-state index in [0.29, 0.717) is 17.5 Å². The van der Waals surface area contributed by atoms with Gasteiger partial charge in [-0.15, -0.1) is 0 Å². The Balaban J connectivity index is 1.64. The molecule has 0 aromatic carbocycles. The highest BCUT2D eigenvalue weighted by Crippen LogP contribution is 2.41. The molecule has 20 heavy (non-hydrogen) atoms. The van der Waals surface area contributed by atoms with Crippen molar-refractivity contribution in [2.45, 2.75) is 18.8 Å². The van der Waals surface area contributed by atoms with E-state index in [9.17, 15) is 5.26 Å². The van der Waals surface area contributed by atoms with Gasteiger partial charge in [-0.05, 0) is 12.8 Å². The standard InChI is InChI=1S/C14H20N4O2/c1-19-9-8-17-4-6-18(7-5-17)14-12(10-15)16-13(20-14)11-2-3-11/h11H,2-9H2,1H3. The molecule has 0 N–H and O–H groups in total. The molecule has 1 aromatic heterocycles. The minimum absolute atomic E-state index is 0.442. The van der Waals surface area contributed by atoms with Crippen LogP contribution in [0.5, 0.6) is 0 Å². The van der Waals surface area contributed by atoms with Crippen molar-refractivity contribution < 1.29 is 9.15 Å². The highest BCUT2D eigenvalue weighted by atomic mass is 16.5. The quantitative estimate of drug-likeness (QED) is 0.805. The predicted molar refractivity (Wildman–Crippen MR) is 73.7 cm³/mol. The summed E-state index contributed by atoms with van der Waals surface area (Å²) in [5, 5.41) is 9.21. The van der Waals surface area contributed by atoms with Crippen molar-refractivity contribution in [3.05, 3.63) is 11.6 Å². The van der Waals surface area contributed by atoms with E-state index >= 15 is 0 Å². The minimum Gasteiger partial charge on any atom is -0.423 e. The Morgan fingerprint density at radius 2 is 2.10 bits per heavy atom. The van der Waals surface area contributed by atoms with Gasteiger partial charge in [0.25, 0.3) is 0 Å². The molecule has 6 nitrogen and oxygen atoms in total. The van der Waals surface area contributed by atoms with Crippen LogP contribution in [0.3, 0.4) is 0 Å². The summed E-state index contributed by atoms with van der Waals surface area (Å²) in [5.74, 6) is 1.86. The zero-order chi connectivity index (χ0) is 13.9. The van der Waals surface area contributed by atoms with Crippen molar-refractivity contribution in [3.8, 4) is 6.07 Å². The molecule has 108 valence electrons. The molecule has 6 heteroatoms. The number of hydrogen-bond donors (Lipinski definition) is 0. The lowest BCUT2D eigenvalue weighted by molar-refractivity contribution is 0.143. The Morgan fingerprint density at radius 3 is 2.70 bits per heavy atom. The van der Waals surface area contributed by atoms with E-state index in [2.05, 4.69) is 20.9 Å². The second-order valence-electron chi connectivity index (χ2n) is 5.41. The fourth-order valence-electron chi connectivity index (χ4n) is 2.52. The number of piperazine rings is 1. The summed E-state index contributed by atoms with van der Waals surface area (Å²) in [7, 11) is 1.73. The molecule has 0 unspecified atom stereocenters. The van der Waals surface area contributed by atoms with Crippen LogP contribution in [-0.2, 0) is 4.74 Å². The van der Waals surface area contributed by atoms with Gasteiger partial charge in [0.05, 0.1) is 6.61 Å². The van der Waals surface area contributed by atoms with Crippen LogP contribution in [-0.4, -0.2) is 56.3 Å². The lowest BCUT2D eigenvalue weighted by Crippen LogP contribution is -2.47. The van der Waals surface area contributed by atoms with Gasteiger partial charge < -0.3 is 14.1 Å². The number of methoxy groups -OCH3 is 1. The number of anilines is 1. The number of aromatic nitrogens is 1. The van der Waals surface area contributed by atoms with E-state index in [4.69, 9.17) is 9.15 Å².